The Bertz CT molecular complexity index is 455. The average Bonchev–Trinajstić information content (AvgIpc) is 2.51. The van der Waals surface area contributed by atoms with Gasteiger partial charge in [0.05, 0.1) is 26.3 Å². The van der Waals surface area contributed by atoms with Gasteiger partial charge in [0.1, 0.15) is 0 Å². The molecule has 3 N–H and O–H groups in total. The molecule has 0 saturated carbocycles. The van der Waals surface area contributed by atoms with Crippen molar-refractivity contribution in [1.29, 1.82) is 0 Å². The third kappa shape index (κ3) is 6.54. The zero-order chi connectivity index (χ0) is 15.7. The first-order valence-corrected chi connectivity index (χ1v) is 7.42. The van der Waals surface area contributed by atoms with Crippen molar-refractivity contribution >= 4 is 18.3 Å². The predicted molar refractivity (Wildman–Crippen MR) is 90.9 cm³/mol. The van der Waals surface area contributed by atoms with Crippen molar-refractivity contribution in [2.24, 2.45) is 5.73 Å². The molecule has 1 aromatic carbocycles. The van der Waals surface area contributed by atoms with Crippen molar-refractivity contribution in [3.63, 3.8) is 0 Å². The Hall–Kier alpha value is -1.46. The fourth-order valence-corrected chi connectivity index (χ4v) is 1.99. The summed E-state index contributed by atoms with van der Waals surface area (Å²) >= 11 is 0. The molecule has 0 aliphatic rings. The van der Waals surface area contributed by atoms with Gasteiger partial charge < -0.3 is 20.5 Å². The zero-order valence-corrected chi connectivity index (χ0v) is 14.4. The van der Waals surface area contributed by atoms with E-state index >= 15 is 0 Å². The van der Waals surface area contributed by atoms with Crippen LogP contribution in [0.2, 0.25) is 0 Å². The minimum atomic E-state index is -0.179. The lowest BCUT2D eigenvalue weighted by Crippen LogP contribution is -2.32. The number of unbranched alkanes of at least 4 members (excludes halogenated alkanes) is 2. The van der Waals surface area contributed by atoms with Gasteiger partial charge in [-0.05, 0) is 31.0 Å². The van der Waals surface area contributed by atoms with Crippen LogP contribution in [0.1, 0.15) is 44.7 Å². The molecular formula is C16H27ClN2O3. The van der Waals surface area contributed by atoms with Crippen LogP contribution in [-0.2, 0) is 4.79 Å². The van der Waals surface area contributed by atoms with Crippen molar-refractivity contribution in [2.45, 2.75) is 39.2 Å². The van der Waals surface area contributed by atoms with E-state index in [1.54, 1.807) is 7.11 Å². The quantitative estimate of drug-likeness (QED) is 0.683. The third-order valence-corrected chi connectivity index (χ3v) is 3.26. The molecule has 0 bridgehead atoms. The Balaban J connectivity index is 0.00000441. The maximum atomic E-state index is 11.3. The van der Waals surface area contributed by atoms with Crippen LogP contribution >= 0.6 is 12.4 Å². The molecular weight excluding hydrogens is 304 g/mol. The summed E-state index contributed by atoms with van der Waals surface area (Å²) in [6.45, 7) is 4.74. The lowest BCUT2D eigenvalue weighted by molar-refractivity contribution is -0.120. The third-order valence-electron chi connectivity index (χ3n) is 3.26. The standard InChI is InChI=1S/C16H26N2O3.ClH/c1-4-5-6-9-21-14-8-7-13(10-15(14)20-3)12(2)18-16(19)11-17;/h7-8,10,12H,4-6,9,11,17H2,1-3H3,(H,18,19);1H. The number of methoxy groups -OCH3 is 1. The van der Waals surface area contributed by atoms with Crippen molar-refractivity contribution in [1.82, 2.24) is 5.32 Å². The molecule has 5 nitrogen and oxygen atoms in total. The number of nitrogens with two attached hydrogens (primary N) is 1. The molecule has 0 saturated heterocycles. The van der Waals surface area contributed by atoms with Crippen LogP contribution in [-0.4, -0.2) is 26.2 Å². The molecule has 22 heavy (non-hydrogen) atoms. The molecule has 0 heterocycles. The number of benzene rings is 1. The molecule has 0 aliphatic heterocycles. The van der Waals surface area contributed by atoms with Crippen LogP contribution in [0.15, 0.2) is 18.2 Å². The molecule has 1 aromatic rings. The van der Waals surface area contributed by atoms with Crippen molar-refractivity contribution in [2.75, 3.05) is 20.3 Å². The lowest BCUT2D eigenvalue weighted by Gasteiger charge is -2.17. The largest absolute Gasteiger partial charge is 0.493 e. The number of halogens is 1. The summed E-state index contributed by atoms with van der Waals surface area (Å²) < 4.78 is 11.1. The van der Waals surface area contributed by atoms with Crippen LogP contribution in [0.25, 0.3) is 0 Å². The topological polar surface area (TPSA) is 73.6 Å². The zero-order valence-electron chi connectivity index (χ0n) is 13.6. The van der Waals surface area contributed by atoms with E-state index in [4.69, 9.17) is 15.2 Å². The van der Waals surface area contributed by atoms with Gasteiger partial charge in [-0.25, -0.2) is 0 Å². The molecule has 0 aromatic heterocycles. The van der Waals surface area contributed by atoms with E-state index in [0.717, 1.165) is 30.6 Å². The fourth-order valence-electron chi connectivity index (χ4n) is 1.99. The van der Waals surface area contributed by atoms with Gasteiger partial charge in [-0.1, -0.05) is 25.8 Å². The van der Waals surface area contributed by atoms with Gasteiger partial charge in [0, 0.05) is 0 Å². The van der Waals surface area contributed by atoms with Gasteiger partial charge in [-0.3, -0.25) is 4.79 Å². The Morgan fingerprint density at radius 2 is 2.05 bits per heavy atom. The molecule has 1 amide bonds. The maximum Gasteiger partial charge on any atom is 0.234 e. The molecule has 0 fully saturated rings. The number of amides is 1. The second-order valence-electron chi connectivity index (χ2n) is 4.96. The number of ether oxygens (including phenoxy) is 2. The first kappa shape index (κ1) is 20.5. The van der Waals surface area contributed by atoms with E-state index in [9.17, 15) is 4.79 Å². The molecule has 1 unspecified atom stereocenters. The van der Waals surface area contributed by atoms with Crippen LogP contribution in [0.5, 0.6) is 11.5 Å². The van der Waals surface area contributed by atoms with Crippen molar-refractivity contribution < 1.29 is 14.3 Å². The predicted octanol–water partition coefficient (Wildman–Crippen LogP) is 2.82. The van der Waals surface area contributed by atoms with E-state index < -0.39 is 0 Å². The summed E-state index contributed by atoms with van der Waals surface area (Å²) in [4.78, 5) is 11.3. The van der Waals surface area contributed by atoms with E-state index in [-0.39, 0.29) is 30.9 Å². The van der Waals surface area contributed by atoms with Crippen LogP contribution < -0.4 is 20.5 Å². The highest BCUT2D eigenvalue weighted by Gasteiger charge is 2.12. The van der Waals surface area contributed by atoms with E-state index in [0.29, 0.717) is 12.4 Å². The summed E-state index contributed by atoms with van der Waals surface area (Å²) in [6.07, 6.45) is 3.35. The normalized spacial score (nSPS) is 11.3. The van der Waals surface area contributed by atoms with Crippen molar-refractivity contribution in [3.8, 4) is 11.5 Å². The maximum absolute atomic E-state index is 11.3. The smallest absolute Gasteiger partial charge is 0.234 e. The molecule has 0 aliphatic carbocycles. The minimum Gasteiger partial charge on any atom is -0.493 e. The lowest BCUT2D eigenvalue weighted by atomic mass is 10.1. The van der Waals surface area contributed by atoms with E-state index in [1.165, 1.54) is 0 Å². The average molecular weight is 331 g/mol. The molecule has 0 radical (unpaired) electrons. The first-order chi connectivity index (χ1) is 10.1. The minimum absolute atomic E-state index is 0. The van der Waals surface area contributed by atoms with Gasteiger partial charge in [0.15, 0.2) is 11.5 Å². The van der Waals surface area contributed by atoms with Crippen LogP contribution in [0, 0.1) is 0 Å². The summed E-state index contributed by atoms with van der Waals surface area (Å²) in [5.41, 5.74) is 6.25. The number of nitrogens with one attached hydrogen (secondary N) is 1. The van der Waals surface area contributed by atoms with Crippen molar-refractivity contribution in [3.05, 3.63) is 23.8 Å². The van der Waals surface area contributed by atoms with Gasteiger partial charge in [0.2, 0.25) is 5.91 Å². The molecule has 1 rings (SSSR count). The highest BCUT2D eigenvalue weighted by molar-refractivity contribution is 5.85. The molecule has 0 spiro atoms. The Kier molecular flexibility index (Phi) is 10.4. The highest BCUT2D eigenvalue weighted by Crippen LogP contribution is 2.30. The van der Waals surface area contributed by atoms with Crippen LogP contribution in [0.4, 0.5) is 0 Å². The number of hydrogen-bond donors (Lipinski definition) is 2. The molecule has 6 heteroatoms. The van der Waals surface area contributed by atoms with E-state index in [2.05, 4.69) is 12.2 Å². The SMILES string of the molecule is CCCCCOc1ccc(C(C)NC(=O)CN)cc1OC.Cl. The van der Waals surface area contributed by atoms with E-state index in [1.807, 2.05) is 25.1 Å². The second-order valence-corrected chi connectivity index (χ2v) is 4.96. The fraction of sp³-hybridized carbons (Fsp3) is 0.562. The van der Waals surface area contributed by atoms with Gasteiger partial charge >= 0.3 is 0 Å². The van der Waals surface area contributed by atoms with Gasteiger partial charge in [-0.2, -0.15) is 0 Å². The first-order valence-electron chi connectivity index (χ1n) is 7.42. The Labute approximate surface area is 139 Å². The Morgan fingerprint density at radius 1 is 1.32 bits per heavy atom. The van der Waals surface area contributed by atoms with Gasteiger partial charge in [-0.15, -0.1) is 12.4 Å². The summed E-state index contributed by atoms with van der Waals surface area (Å²) in [5.74, 6) is 1.23. The van der Waals surface area contributed by atoms with Gasteiger partial charge in [0.25, 0.3) is 0 Å². The molecule has 1 atom stereocenters. The Morgan fingerprint density at radius 3 is 2.64 bits per heavy atom. The number of carbonyl (C=O) groups excluding carboxylic acids is 1. The molecule has 126 valence electrons. The number of carbonyl (C=O) groups is 1. The summed E-state index contributed by atoms with van der Waals surface area (Å²) in [6, 6.07) is 5.57. The number of hydrogen-bond acceptors (Lipinski definition) is 4. The summed E-state index contributed by atoms with van der Waals surface area (Å²) in [5, 5.41) is 2.82. The monoisotopic (exact) mass is 330 g/mol. The summed E-state index contributed by atoms with van der Waals surface area (Å²) in [7, 11) is 1.61. The number of rotatable bonds is 9. The van der Waals surface area contributed by atoms with Crippen LogP contribution in [0.3, 0.4) is 0 Å². The highest BCUT2D eigenvalue weighted by atomic mass is 35.5. The second kappa shape index (κ2) is 11.2.